The molecule has 2 rings (SSSR count). The fourth-order valence-electron chi connectivity index (χ4n) is 5.21. The van der Waals surface area contributed by atoms with E-state index in [0.29, 0.717) is 18.3 Å². The van der Waals surface area contributed by atoms with Gasteiger partial charge in [0, 0.05) is 13.0 Å². The minimum Gasteiger partial charge on any atom is -0.378 e. The molecule has 0 aromatic carbocycles. The zero-order valence-electron chi connectivity index (χ0n) is 18.3. The van der Waals surface area contributed by atoms with Crippen LogP contribution < -0.4 is 0 Å². The first-order valence-electron chi connectivity index (χ1n) is 12.6. The summed E-state index contributed by atoms with van der Waals surface area (Å²) in [6.45, 7) is 0.900. The molecule has 2 nitrogen and oxygen atoms in total. The fraction of sp³-hybridized carbons (Fsp3) is 0.960. The highest BCUT2D eigenvalue weighted by molar-refractivity contribution is 6.63. The third kappa shape index (κ3) is 11.2. The van der Waals surface area contributed by atoms with Gasteiger partial charge in [-0.25, -0.2) is 0 Å². The van der Waals surface area contributed by atoms with Gasteiger partial charge in [0.25, 0.3) is 0 Å². The first-order chi connectivity index (χ1) is 13.8. The molecule has 2 unspecified atom stereocenters. The Balaban J connectivity index is 1.89. The Morgan fingerprint density at radius 1 is 0.643 bits per heavy atom. The molecule has 0 radical (unpaired) electrons. The number of hydrogen-bond acceptors (Lipinski definition) is 2. The molecule has 2 aliphatic rings. The van der Waals surface area contributed by atoms with Gasteiger partial charge in [0.15, 0.2) is 0 Å². The second-order valence-electron chi connectivity index (χ2n) is 9.52. The molecule has 2 fully saturated rings. The van der Waals surface area contributed by atoms with E-state index in [1.54, 1.807) is 0 Å². The van der Waals surface area contributed by atoms with Gasteiger partial charge in [-0.1, -0.05) is 96.3 Å². The van der Waals surface area contributed by atoms with E-state index in [1.165, 1.54) is 109 Å². The number of halogens is 1. The molecule has 0 aliphatic heterocycles. The Morgan fingerprint density at radius 3 is 1.57 bits per heavy atom. The lowest BCUT2D eigenvalue weighted by molar-refractivity contribution is -0.114. The molecule has 164 valence electrons. The molecular weight excluding hydrogens is 368 g/mol. The van der Waals surface area contributed by atoms with Crippen LogP contribution in [0.4, 0.5) is 0 Å². The number of ether oxygens (including phenoxy) is 1. The number of carbonyl (C=O) groups is 1. The minimum atomic E-state index is -0.177. The monoisotopic (exact) mass is 412 g/mol. The first-order valence-corrected chi connectivity index (χ1v) is 12.9. The van der Waals surface area contributed by atoms with Crippen molar-refractivity contribution in [2.24, 2.45) is 11.8 Å². The predicted molar refractivity (Wildman–Crippen MR) is 120 cm³/mol. The highest BCUT2D eigenvalue weighted by atomic mass is 35.5. The second kappa shape index (κ2) is 15.7. The zero-order valence-corrected chi connectivity index (χ0v) is 19.0. The largest absolute Gasteiger partial charge is 0.378 e. The average Bonchev–Trinajstić information content (AvgIpc) is 2.76. The van der Waals surface area contributed by atoms with Crippen molar-refractivity contribution in [3.8, 4) is 0 Å². The molecule has 2 saturated carbocycles. The predicted octanol–water partition coefficient (Wildman–Crippen LogP) is 8.20. The summed E-state index contributed by atoms with van der Waals surface area (Å²) in [4.78, 5) is 11.7. The zero-order chi connectivity index (χ0) is 19.9. The average molecular weight is 413 g/mol. The summed E-state index contributed by atoms with van der Waals surface area (Å²) in [6, 6.07) is 0. The fourth-order valence-corrected chi connectivity index (χ4v) is 5.41. The lowest BCUT2D eigenvalue weighted by Crippen LogP contribution is -2.28. The second-order valence-corrected chi connectivity index (χ2v) is 9.94. The molecule has 0 amide bonds. The maximum absolute atomic E-state index is 11.7. The lowest BCUT2D eigenvalue weighted by Gasteiger charge is -2.29. The van der Waals surface area contributed by atoms with Gasteiger partial charge in [0.2, 0.25) is 5.24 Å². The van der Waals surface area contributed by atoms with Crippen molar-refractivity contribution < 1.29 is 9.53 Å². The van der Waals surface area contributed by atoms with Crippen LogP contribution in [0.5, 0.6) is 0 Å². The van der Waals surface area contributed by atoms with Crippen LogP contribution in [0.1, 0.15) is 128 Å². The van der Waals surface area contributed by atoms with Crippen LogP contribution in [0.2, 0.25) is 0 Å². The van der Waals surface area contributed by atoms with Crippen molar-refractivity contribution in [1.29, 1.82) is 0 Å². The number of rotatable bonds is 5. The van der Waals surface area contributed by atoms with Crippen molar-refractivity contribution in [2.75, 3.05) is 6.61 Å². The van der Waals surface area contributed by atoms with E-state index in [1.807, 2.05) is 0 Å². The van der Waals surface area contributed by atoms with Crippen molar-refractivity contribution in [2.45, 2.75) is 135 Å². The maximum Gasteiger partial charge on any atom is 0.222 e. The highest BCUT2D eigenvalue weighted by Crippen LogP contribution is 2.29. The molecule has 2 aliphatic carbocycles. The first kappa shape index (κ1) is 24.2. The molecule has 2 atom stereocenters. The van der Waals surface area contributed by atoms with Crippen LogP contribution >= 0.6 is 11.6 Å². The normalized spacial score (nSPS) is 28.0. The Hall–Kier alpha value is -0.0800. The summed E-state index contributed by atoms with van der Waals surface area (Å²) >= 11 is 5.82. The Kier molecular flexibility index (Phi) is 13.6. The van der Waals surface area contributed by atoms with E-state index in [0.717, 1.165) is 19.4 Å². The van der Waals surface area contributed by atoms with E-state index >= 15 is 0 Å². The van der Waals surface area contributed by atoms with E-state index in [-0.39, 0.29) is 11.3 Å². The van der Waals surface area contributed by atoms with Crippen molar-refractivity contribution >= 4 is 16.8 Å². The molecule has 0 heterocycles. The summed E-state index contributed by atoms with van der Waals surface area (Å²) < 4.78 is 6.60. The molecule has 0 saturated heterocycles. The Morgan fingerprint density at radius 2 is 1.07 bits per heavy atom. The molecular formula is C25H45ClO2. The van der Waals surface area contributed by atoms with E-state index in [2.05, 4.69) is 0 Å². The van der Waals surface area contributed by atoms with Crippen LogP contribution in [-0.2, 0) is 9.53 Å². The molecule has 0 aromatic heterocycles. The number of carbonyl (C=O) groups excluding carboxylic acids is 1. The molecule has 0 N–H and O–H groups in total. The van der Waals surface area contributed by atoms with E-state index < -0.39 is 0 Å². The van der Waals surface area contributed by atoms with Gasteiger partial charge in [0.05, 0.1) is 6.10 Å². The van der Waals surface area contributed by atoms with Crippen molar-refractivity contribution in [3.05, 3.63) is 0 Å². The quantitative estimate of drug-likeness (QED) is 0.425. The van der Waals surface area contributed by atoms with Crippen LogP contribution in [-0.4, -0.2) is 18.0 Å². The van der Waals surface area contributed by atoms with E-state index in [9.17, 15) is 4.79 Å². The van der Waals surface area contributed by atoms with Gasteiger partial charge in [-0.3, -0.25) is 4.79 Å². The van der Waals surface area contributed by atoms with Crippen molar-refractivity contribution in [1.82, 2.24) is 0 Å². The van der Waals surface area contributed by atoms with Gasteiger partial charge in [-0.2, -0.15) is 0 Å². The summed E-state index contributed by atoms with van der Waals surface area (Å²) in [7, 11) is 0. The lowest BCUT2D eigenvalue weighted by atomic mass is 9.89. The molecule has 28 heavy (non-hydrogen) atoms. The maximum atomic E-state index is 11.7. The molecule has 0 bridgehead atoms. The summed E-state index contributed by atoms with van der Waals surface area (Å²) in [5.41, 5.74) is 0. The molecule has 0 spiro atoms. The summed E-state index contributed by atoms with van der Waals surface area (Å²) in [5, 5.41) is -0.177. The Labute approximate surface area is 179 Å². The number of hydrogen-bond donors (Lipinski definition) is 0. The van der Waals surface area contributed by atoms with Crippen molar-refractivity contribution in [3.63, 3.8) is 0 Å². The van der Waals surface area contributed by atoms with Crippen LogP contribution in [0, 0.1) is 11.8 Å². The highest BCUT2D eigenvalue weighted by Gasteiger charge is 2.25. The SMILES string of the molecule is O=C(Cl)CC1CCCCCCCCCC1OCC1CCCCCCCCCC1. The van der Waals surface area contributed by atoms with Gasteiger partial charge >= 0.3 is 0 Å². The van der Waals surface area contributed by atoms with Crippen LogP contribution in [0.3, 0.4) is 0 Å². The van der Waals surface area contributed by atoms with Gasteiger partial charge < -0.3 is 4.74 Å². The molecule has 0 aromatic rings. The van der Waals surface area contributed by atoms with Crippen LogP contribution in [0.25, 0.3) is 0 Å². The van der Waals surface area contributed by atoms with Gasteiger partial charge in [0.1, 0.15) is 0 Å². The van der Waals surface area contributed by atoms with Gasteiger partial charge in [-0.15, -0.1) is 0 Å². The minimum absolute atomic E-state index is 0.177. The third-order valence-electron chi connectivity index (χ3n) is 7.03. The molecule has 3 heteroatoms. The smallest absolute Gasteiger partial charge is 0.222 e. The standard InChI is InChI=1S/C25H45ClO2/c26-25(27)20-23-18-14-10-6-3-7-11-15-19-24(23)28-21-22-16-12-8-4-1-2-5-9-13-17-22/h22-24H,1-21H2. The Bertz CT molecular complexity index is 386. The summed E-state index contributed by atoms with van der Waals surface area (Å²) in [6.07, 6.45) is 25.9. The van der Waals surface area contributed by atoms with Crippen LogP contribution in [0.15, 0.2) is 0 Å². The van der Waals surface area contributed by atoms with Gasteiger partial charge in [-0.05, 0) is 49.1 Å². The third-order valence-corrected chi connectivity index (χ3v) is 7.19. The topological polar surface area (TPSA) is 26.3 Å². The van der Waals surface area contributed by atoms with E-state index in [4.69, 9.17) is 16.3 Å². The summed E-state index contributed by atoms with van der Waals surface area (Å²) in [5.74, 6) is 1.04.